The van der Waals surface area contributed by atoms with Gasteiger partial charge in [-0.2, -0.15) is 0 Å². The van der Waals surface area contributed by atoms with Crippen LogP contribution in [0.25, 0.3) is 11.1 Å². The maximum absolute atomic E-state index is 14.2. The highest BCUT2D eigenvalue weighted by Crippen LogP contribution is 2.44. The van der Waals surface area contributed by atoms with Gasteiger partial charge in [0.2, 0.25) is 5.90 Å². The Balaban J connectivity index is 1.40. The second-order valence-electron chi connectivity index (χ2n) is 10.8. The molecule has 2 atom stereocenters. The van der Waals surface area contributed by atoms with Gasteiger partial charge in [0, 0.05) is 35.5 Å². The van der Waals surface area contributed by atoms with Crippen molar-refractivity contribution in [2.75, 3.05) is 13.2 Å². The molecule has 4 aromatic carbocycles. The van der Waals surface area contributed by atoms with Crippen molar-refractivity contribution in [3.05, 3.63) is 124 Å². The number of nitrogens with one attached hydrogen (secondary N) is 1. The van der Waals surface area contributed by atoms with E-state index in [0.717, 1.165) is 45.1 Å². The van der Waals surface area contributed by atoms with Crippen LogP contribution in [0.2, 0.25) is 0 Å². The fraction of sp³-hybridized carbons (Fsp3) is 0.257. The summed E-state index contributed by atoms with van der Waals surface area (Å²) in [6.45, 7) is 0.518. The predicted octanol–water partition coefficient (Wildman–Crippen LogP) is 6.66. The molecule has 2 N–H and O–H groups in total. The van der Waals surface area contributed by atoms with Crippen LogP contribution in [0.5, 0.6) is 5.75 Å². The highest BCUT2D eigenvalue weighted by molar-refractivity contribution is 9.10. The van der Waals surface area contributed by atoms with Gasteiger partial charge in [-0.05, 0) is 65.4 Å². The first-order valence-electron chi connectivity index (χ1n) is 14.4. The summed E-state index contributed by atoms with van der Waals surface area (Å²) in [4.78, 5) is 19.4. The summed E-state index contributed by atoms with van der Waals surface area (Å²) in [6.07, 6.45) is 2.24. The van der Waals surface area contributed by atoms with Crippen LogP contribution in [0.4, 0.5) is 0 Å². The van der Waals surface area contributed by atoms with Crippen molar-refractivity contribution in [2.45, 2.75) is 43.4 Å². The molecule has 0 saturated heterocycles. The number of ether oxygens (including phenoxy) is 2. The molecular formula is C35H33BrN2O4. The lowest BCUT2D eigenvalue weighted by atomic mass is 9.81. The highest BCUT2D eigenvalue weighted by atomic mass is 79.9. The number of carbonyl (C=O) groups is 1. The summed E-state index contributed by atoms with van der Waals surface area (Å²) in [5.41, 5.74) is 3.64. The number of aliphatic hydroxyl groups excluding tert-OH is 1. The SMILES string of the molecule is O=C(NC1CC1)[C@]1(Cc2ccccc2Br)N=C(c2ccc(OCCCO)cc2)O[C@@H]1c1ccc(-c2ccccc2)cc1. The Morgan fingerprint density at radius 1 is 0.905 bits per heavy atom. The van der Waals surface area contributed by atoms with Gasteiger partial charge in [0.1, 0.15) is 5.75 Å². The van der Waals surface area contributed by atoms with Crippen LogP contribution in [0.15, 0.2) is 113 Å². The number of hydrogen-bond donors (Lipinski definition) is 2. The van der Waals surface area contributed by atoms with Crippen molar-refractivity contribution in [3.8, 4) is 16.9 Å². The second kappa shape index (κ2) is 12.5. The van der Waals surface area contributed by atoms with E-state index in [9.17, 15) is 4.79 Å². The van der Waals surface area contributed by atoms with E-state index in [-0.39, 0.29) is 18.6 Å². The van der Waals surface area contributed by atoms with Crippen LogP contribution >= 0.6 is 15.9 Å². The number of nitrogens with zero attached hydrogens (tertiary/aromatic N) is 1. The lowest BCUT2D eigenvalue weighted by Crippen LogP contribution is -2.50. The van der Waals surface area contributed by atoms with Gasteiger partial charge >= 0.3 is 0 Å². The summed E-state index contributed by atoms with van der Waals surface area (Å²) >= 11 is 3.69. The molecule has 4 aromatic rings. The number of halogens is 1. The van der Waals surface area contributed by atoms with Crippen LogP contribution in [-0.4, -0.2) is 41.7 Å². The summed E-state index contributed by atoms with van der Waals surface area (Å²) in [6, 6.07) is 34.1. The molecule has 0 bridgehead atoms. The number of carbonyl (C=O) groups excluding carboxylic acids is 1. The van der Waals surface area contributed by atoms with Gasteiger partial charge in [0.25, 0.3) is 5.91 Å². The third-order valence-electron chi connectivity index (χ3n) is 7.68. The molecule has 0 radical (unpaired) electrons. The van der Waals surface area contributed by atoms with Crippen LogP contribution in [-0.2, 0) is 16.0 Å². The van der Waals surface area contributed by atoms with Crippen molar-refractivity contribution in [1.82, 2.24) is 5.32 Å². The second-order valence-corrected chi connectivity index (χ2v) is 11.6. The lowest BCUT2D eigenvalue weighted by Gasteiger charge is -2.31. The van der Waals surface area contributed by atoms with Gasteiger partial charge in [-0.25, -0.2) is 4.99 Å². The molecule has 1 aliphatic heterocycles. The zero-order valence-electron chi connectivity index (χ0n) is 23.2. The molecule has 214 valence electrons. The average molecular weight is 626 g/mol. The monoisotopic (exact) mass is 624 g/mol. The van der Waals surface area contributed by atoms with E-state index < -0.39 is 11.6 Å². The Hall–Kier alpha value is -3.94. The smallest absolute Gasteiger partial charge is 0.252 e. The summed E-state index contributed by atoms with van der Waals surface area (Å²) in [5.74, 6) is 0.994. The maximum Gasteiger partial charge on any atom is 0.252 e. The van der Waals surface area contributed by atoms with Crippen molar-refractivity contribution in [3.63, 3.8) is 0 Å². The average Bonchev–Trinajstić information content (AvgIpc) is 3.76. The van der Waals surface area contributed by atoms with E-state index in [1.54, 1.807) is 0 Å². The summed E-state index contributed by atoms with van der Waals surface area (Å²) in [5, 5.41) is 12.3. The minimum absolute atomic E-state index is 0.0823. The number of rotatable bonds is 11. The number of aliphatic hydroxyl groups is 1. The first kappa shape index (κ1) is 28.2. The third kappa shape index (κ3) is 6.13. The van der Waals surface area contributed by atoms with Crippen LogP contribution < -0.4 is 10.1 Å². The molecule has 2 aliphatic rings. The molecule has 1 fully saturated rings. The van der Waals surface area contributed by atoms with Gasteiger partial charge in [0.15, 0.2) is 11.6 Å². The molecule has 0 aromatic heterocycles. The van der Waals surface area contributed by atoms with Crippen molar-refractivity contribution >= 4 is 27.7 Å². The minimum Gasteiger partial charge on any atom is -0.494 e. The van der Waals surface area contributed by atoms with E-state index in [4.69, 9.17) is 19.6 Å². The lowest BCUT2D eigenvalue weighted by molar-refractivity contribution is -0.129. The summed E-state index contributed by atoms with van der Waals surface area (Å²) in [7, 11) is 0. The van der Waals surface area contributed by atoms with Crippen LogP contribution in [0.1, 0.15) is 42.1 Å². The molecule has 1 heterocycles. The summed E-state index contributed by atoms with van der Waals surface area (Å²) < 4.78 is 13.3. The van der Waals surface area contributed by atoms with Crippen LogP contribution in [0, 0.1) is 0 Å². The molecule has 1 aliphatic carbocycles. The first-order valence-corrected chi connectivity index (χ1v) is 15.2. The maximum atomic E-state index is 14.2. The fourth-order valence-corrected chi connectivity index (χ4v) is 5.66. The standard InChI is InChI=1S/C35H33BrN2O4/c36-31-10-5-4-9-28(31)23-35(34(40)37-29-17-18-29)32(26-13-11-25(12-14-26)24-7-2-1-3-8-24)42-33(38-35)27-15-19-30(20-16-27)41-22-6-21-39/h1-5,7-16,19-20,29,32,39H,6,17-18,21-23H2,(H,37,40)/t32-,35-/m1/s1. The Kier molecular flexibility index (Phi) is 8.40. The molecule has 6 rings (SSSR count). The zero-order valence-corrected chi connectivity index (χ0v) is 24.8. The predicted molar refractivity (Wildman–Crippen MR) is 168 cm³/mol. The molecular weight excluding hydrogens is 592 g/mol. The fourth-order valence-electron chi connectivity index (χ4n) is 5.23. The Labute approximate surface area is 254 Å². The van der Waals surface area contributed by atoms with Gasteiger partial charge in [-0.1, -0.05) is 88.7 Å². The molecule has 7 heteroatoms. The van der Waals surface area contributed by atoms with Crippen molar-refractivity contribution in [1.29, 1.82) is 0 Å². The van der Waals surface area contributed by atoms with Gasteiger partial charge in [0.05, 0.1) is 6.61 Å². The molecule has 1 saturated carbocycles. The zero-order chi connectivity index (χ0) is 28.9. The van der Waals surface area contributed by atoms with Gasteiger partial charge in [-0.15, -0.1) is 0 Å². The van der Waals surface area contributed by atoms with Crippen molar-refractivity contribution in [2.24, 2.45) is 4.99 Å². The van der Waals surface area contributed by atoms with E-state index in [2.05, 4.69) is 45.5 Å². The Morgan fingerprint density at radius 3 is 2.26 bits per heavy atom. The van der Waals surface area contributed by atoms with Crippen LogP contribution in [0.3, 0.4) is 0 Å². The van der Waals surface area contributed by atoms with E-state index in [1.807, 2.05) is 78.9 Å². The van der Waals surface area contributed by atoms with E-state index >= 15 is 0 Å². The van der Waals surface area contributed by atoms with Gasteiger partial charge in [-0.3, -0.25) is 4.79 Å². The van der Waals surface area contributed by atoms with Crippen molar-refractivity contribution < 1.29 is 19.4 Å². The molecule has 6 nitrogen and oxygen atoms in total. The van der Waals surface area contributed by atoms with Gasteiger partial charge < -0.3 is 19.9 Å². The quantitative estimate of drug-likeness (QED) is 0.183. The highest BCUT2D eigenvalue weighted by Gasteiger charge is 2.54. The largest absolute Gasteiger partial charge is 0.494 e. The molecule has 0 spiro atoms. The topological polar surface area (TPSA) is 80.2 Å². The number of hydrogen-bond acceptors (Lipinski definition) is 5. The molecule has 0 unspecified atom stereocenters. The molecule has 42 heavy (non-hydrogen) atoms. The Bertz CT molecular complexity index is 1550. The minimum atomic E-state index is -1.22. The number of aliphatic imine (C=N–C) groups is 1. The first-order chi connectivity index (χ1) is 20.6. The normalized spacial score (nSPS) is 19.6. The number of benzene rings is 4. The third-order valence-corrected chi connectivity index (χ3v) is 8.45. The van der Waals surface area contributed by atoms with E-state index in [1.165, 1.54) is 0 Å². The Morgan fingerprint density at radius 2 is 1.57 bits per heavy atom. The molecule has 1 amide bonds. The van der Waals surface area contributed by atoms with E-state index in [0.29, 0.717) is 31.1 Å². The number of amides is 1.